The zero-order chi connectivity index (χ0) is 13.7. The summed E-state index contributed by atoms with van der Waals surface area (Å²) in [5.41, 5.74) is 2.75. The number of rotatable bonds is 4. The Morgan fingerprint density at radius 2 is 1.18 bits per heavy atom. The van der Waals surface area contributed by atoms with Gasteiger partial charge in [0.2, 0.25) is 0 Å². The molecule has 100 valence electrons. The first-order chi connectivity index (χ1) is 8.31. The Kier molecular flexibility index (Phi) is 14.2. The van der Waals surface area contributed by atoms with Crippen LogP contribution in [0.1, 0.15) is 54.0 Å². The molecule has 0 heterocycles. The maximum absolute atomic E-state index is 2.36. The molecule has 0 aliphatic heterocycles. The zero-order valence-electron chi connectivity index (χ0n) is 12.9. The molecule has 0 radical (unpaired) electrons. The summed E-state index contributed by atoms with van der Waals surface area (Å²) in [5.74, 6) is 0. The molecule has 0 aliphatic carbocycles. The zero-order valence-corrected chi connectivity index (χ0v) is 12.9. The smallest absolute Gasteiger partial charge is 0.0366 e. The molecule has 1 aromatic carbocycles. The van der Waals surface area contributed by atoms with E-state index in [1.165, 1.54) is 11.3 Å². The van der Waals surface area contributed by atoms with Gasteiger partial charge in [0.15, 0.2) is 0 Å². The van der Waals surface area contributed by atoms with E-state index < -0.39 is 0 Å². The van der Waals surface area contributed by atoms with E-state index in [-0.39, 0.29) is 0 Å². The average Bonchev–Trinajstić information content (AvgIpc) is 2.45. The third kappa shape index (κ3) is 7.04. The van der Waals surface area contributed by atoms with Gasteiger partial charge in [-0.05, 0) is 38.0 Å². The van der Waals surface area contributed by atoms with Crippen molar-refractivity contribution in [2.24, 2.45) is 0 Å². The van der Waals surface area contributed by atoms with E-state index >= 15 is 0 Å². The maximum Gasteiger partial charge on any atom is 0.0366 e. The minimum Gasteiger partial charge on any atom is -0.372 e. The Morgan fingerprint density at radius 3 is 1.47 bits per heavy atom. The molecule has 0 saturated carbocycles. The van der Waals surface area contributed by atoms with Crippen molar-refractivity contribution >= 4 is 5.69 Å². The monoisotopic (exact) mass is 237 g/mol. The third-order valence-electron chi connectivity index (χ3n) is 2.47. The van der Waals surface area contributed by atoms with Crippen molar-refractivity contribution in [2.45, 2.75) is 54.9 Å². The lowest BCUT2D eigenvalue weighted by Crippen LogP contribution is -2.21. The van der Waals surface area contributed by atoms with Crippen LogP contribution in [-0.2, 0) is 6.42 Å². The van der Waals surface area contributed by atoms with E-state index in [9.17, 15) is 0 Å². The number of hydrogen-bond acceptors (Lipinski definition) is 1. The summed E-state index contributed by atoms with van der Waals surface area (Å²) >= 11 is 0. The number of aryl methyl sites for hydroxylation is 1. The van der Waals surface area contributed by atoms with Crippen LogP contribution in [0.2, 0.25) is 0 Å². The second-order valence-electron chi connectivity index (χ2n) is 3.19. The van der Waals surface area contributed by atoms with Crippen molar-refractivity contribution in [2.75, 3.05) is 18.0 Å². The van der Waals surface area contributed by atoms with Crippen LogP contribution < -0.4 is 4.90 Å². The number of hydrogen-bond donors (Lipinski definition) is 0. The molecular weight excluding hydrogens is 206 g/mol. The minimum absolute atomic E-state index is 1.09. The molecule has 1 nitrogen and oxygen atoms in total. The van der Waals surface area contributed by atoms with Gasteiger partial charge < -0.3 is 4.90 Å². The predicted molar refractivity (Wildman–Crippen MR) is 82.1 cm³/mol. The van der Waals surface area contributed by atoms with Crippen LogP contribution in [-0.4, -0.2) is 13.1 Å². The highest BCUT2D eigenvalue weighted by Gasteiger charge is 1.99. The summed E-state index contributed by atoms with van der Waals surface area (Å²) in [6.45, 7) is 16.7. The number of nitrogens with zero attached hydrogens (tertiary/aromatic N) is 1. The Hall–Kier alpha value is -0.980. The molecular formula is C16H31N. The van der Waals surface area contributed by atoms with E-state index in [1.807, 2.05) is 27.7 Å². The lowest BCUT2D eigenvalue weighted by molar-refractivity contribution is 0.865. The van der Waals surface area contributed by atoms with Crippen LogP contribution in [0, 0.1) is 0 Å². The number of benzene rings is 1. The molecule has 1 rings (SSSR count). The van der Waals surface area contributed by atoms with Crippen LogP contribution in [0.25, 0.3) is 0 Å². The normalized spacial score (nSPS) is 8.41. The van der Waals surface area contributed by atoms with Crippen LogP contribution in [0.15, 0.2) is 24.3 Å². The van der Waals surface area contributed by atoms with E-state index in [0.717, 1.165) is 19.5 Å². The quantitative estimate of drug-likeness (QED) is 0.700. The second-order valence-corrected chi connectivity index (χ2v) is 3.19. The molecule has 17 heavy (non-hydrogen) atoms. The van der Waals surface area contributed by atoms with Gasteiger partial charge in [0.25, 0.3) is 0 Å². The van der Waals surface area contributed by atoms with Gasteiger partial charge in [0.05, 0.1) is 0 Å². The first-order valence-corrected chi connectivity index (χ1v) is 7.15. The first kappa shape index (κ1) is 18.4. The van der Waals surface area contributed by atoms with Gasteiger partial charge in [-0.3, -0.25) is 0 Å². The van der Waals surface area contributed by atoms with Gasteiger partial charge in [-0.2, -0.15) is 0 Å². The molecule has 0 amide bonds. The minimum atomic E-state index is 1.09. The van der Waals surface area contributed by atoms with Crippen LogP contribution >= 0.6 is 0 Å². The standard InChI is InChI=1S/C12H19N.2C2H6/c1-4-11-7-9-12(10-8-11)13(5-2)6-3;2*1-2/h7-10H,4-6H2,1-3H3;2*1-2H3. The fraction of sp³-hybridized carbons (Fsp3) is 0.625. The van der Waals surface area contributed by atoms with Crippen molar-refractivity contribution in [3.63, 3.8) is 0 Å². The Bertz CT molecular complexity index is 234. The van der Waals surface area contributed by atoms with E-state index in [2.05, 4.69) is 49.9 Å². The number of anilines is 1. The third-order valence-corrected chi connectivity index (χ3v) is 2.47. The van der Waals surface area contributed by atoms with Crippen LogP contribution in [0.5, 0.6) is 0 Å². The summed E-state index contributed by atoms with van der Waals surface area (Å²) in [5, 5.41) is 0. The molecule has 0 fully saturated rings. The van der Waals surface area contributed by atoms with Crippen molar-refractivity contribution in [3.8, 4) is 0 Å². The largest absolute Gasteiger partial charge is 0.372 e. The average molecular weight is 237 g/mol. The van der Waals surface area contributed by atoms with Gasteiger partial charge in [-0.25, -0.2) is 0 Å². The van der Waals surface area contributed by atoms with Crippen LogP contribution in [0.4, 0.5) is 5.69 Å². The molecule has 0 bridgehead atoms. The Morgan fingerprint density at radius 1 is 0.765 bits per heavy atom. The molecule has 0 spiro atoms. The van der Waals surface area contributed by atoms with Gasteiger partial charge >= 0.3 is 0 Å². The fourth-order valence-electron chi connectivity index (χ4n) is 1.53. The van der Waals surface area contributed by atoms with Crippen molar-refractivity contribution in [1.82, 2.24) is 0 Å². The first-order valence-electron chi connectivity index (χ1n) is 7.15. The maximum atomic E-state index is 2.36. The molecule has 0 saturated heterocycles. The highest BCUT2D eigenvalue weighted by Crippen LogP contribution is 2.14. The fourth-order valence-corrected chi connectivity index (χ4v) is 1.53. The van der Waals surface area contributed by atoms with Crippen molar-refractivity contribution in [3.05, 3.63) is 29.8 Å². The molecule has 0 aromatic heterocycles. The molecule has 0 atom stereocenters. The summed E-state index contributed by atoms with van der Waals surface area (Å²) in [7, 11) is 0. The predicted octanol–water partition coefficient (Wildman–Crippen LogP) is 5.15. The highest BCUT2D eigenvalue weighted by molar-refractivity contribution is 5.47. The van der Waals surface area contributed by atoms with Gasteiger partial charge in [0.1, 0.15) is 0 Å². The van der Waals surface area contributed by atoms with Crippen molar-refractivity contribution < 1.29 is 0 Å². The summed E-state index contributed by atoms with van der Waals surface area (Å²) in [6.07, 6.45) is 1.12. The van der Waals surface area contributed by atoms with Gasteiger partial charge in [0, 0.05) is 18.8 Å². The molecule has 1 heteroatoms. The second kappa shape index (κ2) is 13.1. The van der Waals surface area contributed by atoms with Gasteiger partial charge in [-0.1, -0.05) is 46.8 Å². The lowest BCUT2D eigenvalue weighted by atomic mass is 10.1. The summed E-state index contributed by atoms with van der Waals surface area (Å²) in [4.78, 5) is 2.36. The van der Waals surface area contributed by atoms with E-state index in [1.54, 1.807) is 0 Å². The SMILES string of the molecule is CC.CC.CCc1ccc(N(CC)CC)cc1. The van der Waals surface area contributed by atoms with E-state index in [0.29, 0.717) is 0 Å². The molecule has 0 N–H and O–H groups in total. The topological polar surface area (TPSA) is 3.24 Å². The Labute approximate surface area is 109 Å². The summed E-state index contributed by atoms with van der Waals surface area (Å²) < 4.78 is 0. The van der Waals surface area contributed by atoms with Gasteiger partial charge in [-0.15, -0.1) is 0 Å². The molecule has 0 aliphatic rings. The lowest BCUT2D eigenvalue weighted by Gasteiger charge is -2.20. The van der Waals surface area contributed by atoms with Crippen molar-refractivity contribution in [1.29, 1.82) is 0 Å². The molecule has 1 aromatic rings. The highest BCUT2D eigenvalue weighted by atomic mass is 15.1. The molecule has 0 unspecified atom stereocenters. The van der Waals surface area contributed by atoms with Crippen LogP contribution in [0.3, 0.4) is 0 Å². The summed E-state index contributed by atoms with van der Waals surface area (Å²) in [6, 6.07) is 8.86. The Balaban J connectivity index is 0. The van der Waals surface area contributed by atoms with E-state index in [4.69, 9.17) is 0 Å².